The molecule has 3 nitrogen and oxygen atoms in total. The predicted molar refractivity (Wildman–Crippen MR) is 67.6 cm³/mol. The van der Waals surface area contributed by atoms with E-state index in [0.717, 1.165) is 23.1 Å². The van der Waals surface area contributed by atoms with Crippen LogP contribution in [-0.4, -0.2) is 12.0 Å². The second-order valence-electron chi connectivity index (χ2n) is 3.51. The summed E-state index contributed by atoms with van der Waals surface area (Å²) in [7, 11) is 1.80. The lowest BCUT2D eigenvalue weighted by atomic mass is 10.1. The summed E-state index contributed by atoms with van der Waals surface area (Å²) in [5.41, 5.74) is 1.30. The van der Waals surface area contributed by atoms with E-state index in [4.69, 9.17) is 4.42 Å². The topological polar surface area (TPSA) is 38.1 Å². The van der Waals surface area contributed by atoms with Crippen molar-refractivity contribution in [3.63, 3.8) is 0 Å². The van der Waals surface area contributed by atoms with E-state index >= 15 is 0 Å². The summed E-state index contributed by atoms with van der Waals surface area (Å²) in [4.78, 5) is 4.08. The van der Waals surface area contributed by atoms with Crippen molar-refractivity contribution in [3.05, 3.63) is 46.3 Å². The highest BCUT2D eigenvalue weighted by Crippen LogP contribution is 2.14. The van der Waals surface area contributed by atoms with Crippen LogP contribution in [0.4, 0.5) is 6.01 Å². The maximum Gasteiger partial charge on any atom is 0.294 e. The van der Waals surface area contributed by atoms with Crippen LogP contribution in [0.5, 0.6) is 0 Å². The minimum Gasteiger partial charge on any atom is -0.429 e. The van der Waals surface area contributed by atoms with Crippen LogP contribution in [0.1, 0.15) is 11.3 Å². The van der Waals surface area contributed by atoms with Crippen molar-refractivity contribution in [2.75, 3.05) is 12.4 Å². The van der Waals surface area contributed by atoms with Gasteiger partial charge in [0, 0.05) is 17.9 Å². The van der Waals surface area contributed by atoms with E-state index in [1.165, 1.54) is 5.56 Å². The summed E-state index contributed by atoms with van der Waals surface area (Å²) in [5, 5.41) is 2.87. The molecule has 4 heteroatoms. The third-order valence-electron chi connectivity index (χ3n) is 2.34. The fourth-order valence-electron chi connectivity index (χ4n) is 1.46. The first-order chi connectivity index (χ1) is 7.78. The minimum absolute atomic E-state index is 0.575. The molecule has 1 heterocycles. The maximum atomic E-state index is 5.45. The first kappa shape index (κ1) is 11.2. The molecule has 0 aliphatic heterocycles. The van der Waals surface area contributed by atoms with Crippen LogP contribution in [0.3, 0.4) is 0 Å². The van der Waals surface area contributed by atoms with E-state index < -0.39 is 0 Å². The molecule has 1 aromatic heterocycles. The van der Waals surface area contributed by atoms with Crippen molar-refractivity contribution >= 4 is 21.9 Å². The molecular formula is C12H13BrN2O. The van der Waals surface area contributed by atoms with Crippen LogP contribution >= 0.6 is 15.9 Å². The molecule has 1 N–H and O–H groups in total. The van der Waals surface area contributed by atoms with Gasteiger partial charge in [0.2, 0.25) is 0 Å². The highest BCUT2D eigenvalue weighted by molar-refractivity contribution is 9.10. The van der Waals surface area contributed by atoms with Gasteiger partial charge in [0.05, 0.1) is 6.20 Å². The smallest absolute Gasteiger partial charge is 0.294 e. The Labute approximate surface area is 103 Å². The Hall–Kier alpha value is -1.29. The fraction of sp³-hybridized carbons (Fsp3) is 0.250. The Morgan fingerprint density at radius 1 is 1.25 bits per heavy atom. The highest BCUT2D eigenvalue weighted by atomic mass is 79.9. The highest BCUT2D eigenvalue weighted by Gasteiger charge is 2.02. The molecule has 16 heavy (non-hydrogen) atoms. The molecular weight excluding hydrogens is 268 g/mol. The van der Waals surface area contributed by atoms with E-state index in [1.54, 1.807) is 13.2 Å². The number of oxazole rings is 1. The van der Waals surface area contributed by atoms with Crippen molar-refractivity contribution < 1.29 is 4.42 Å². The number of aryl methyl sites for hydroxylation is 2. The summed E-state index contributed by atoms with van der Waals surface area (Å²) in [6.45, 7) is 0. The van der Waals surface area contributed by atoms with Gasteiger partial charge < -0.3 is 9.73 Å². The molecule has 0 saturated heterocycles. The maximum absolute atomic E-state index is 5.45. The zero-order valence-corrected chi connectivity index (χ0v) is 10.6. The zero-order valence-electron chi connectivity index (χ0n) is 9.03. The van der Waals surface area contributed by atoms with E-state index in [9.17, 15) is 0 Å². The number of rotatable bonds is 4. The molecule has 84 valence electrons. The number of aromatic nitrogens is 1. The zero-order chi connectivity index (χ0) is 11.4. The predicted octanol–water partition coefficient (Wildman–Crippen LogP) is 3.26. The first-order valence-corrected chi connectivity index (χ1v) is 5.94. The van der Waals surface area contributed by atoms with Gasteiger partial charge in [-0.05, 0) is 24.1 Å². The molecule has 2 rings (SSSR count). The quantitative estimate of drug-likeness (QED) is 0.934. The molecule has 0 saturated carbocycles. The standard InChI is InChI=1S/C12H13BrN2O/c1-14-12-15-8-11(16-12)7-4-9-2-5-10(13)6-3-9/h2-3,5-6,8H,4,7H2,1H3,(H,14,15). The van der Waals surface area contributed by atoms with Crippen LogP contribution in [0.15, 0.2) is 39.4 Å². The molecule has 0 aliphatic carbocycles. The lowest BCUT2D eigenvalue weighted by molar-refractivity contribution is 0.518. The van der Waals surface area contributed by atoms with Crippen molar-refractivity contribution in [2.45, 2.75) is 12.8 Å². The summed E-state index contributed by atoms with van der Waals surface area (Å²) < 4.78 is 6.55. The van der Waals surface area contributed by atoms with Gasteiger partial charge in [0.25, 0.3) is 6.01 Å². The Bertz CT molecular complexity index is 450. The van der Waals surface area contributed by atoms with Crippen molar-refractivity contribution in [2.24, 2.45) is 0 Å². The molecule has 0 radical (unpaired) electrons. The fourth-order valence-corrected chi connectivity index (χ4v) is 1.72. The van der Waals surface area contributed by atoms with Gasteiger partial charge in [0.1, 0.15) is 5.76 Å². The Morgan fingerprint density at radius 3 is 2.62 bits per heavy atom. The first-order valence-electron chi connectivity index (χ1n) is 5.15. The average molecular weight is 281 g/mol. The molecule has 0 amide bonds. The van der Waals surface area contributed by atoms with Gasteiger partial charge in [-0.1, -0.05) is 28.1 Å². The Balaban J connectivity index is 1.94. The second kappa shape index (κ2) is 5.16. The van der Waals surface area contributed by atoms with Gasteiger partial charge in [-0.3, -0.25) is 0 Å². The Morgan fingerprint density at radius 2 is 2.00 bits per heavy atom. The van der Waals surface area contributed by atoms with Crippen molar-refractivity contribution in [3.8, 4) is 0 Å². The van der Waals surface area contributed by atoms with Crippen LogP contribution in [0.25, 0.3) is 0 Å². The number of hydrogen-bond donors (Lipinski definition) is 1. The normalized spacial score (nSPS) is 10.4. The third-order valence-corrected chi connectivity index (χ3v) is 2.87. The Kier molecular flexibility index (Phi) is 3.62. The second-order valence-corrected chi connectivity index (χ2v) is 4.42. The van der Waals surface area contributed by atoms with E-state index in [2.05, 4.69) is 50.5 Å². The summed E-state index contributed by atoms with van der Waals surface area (Å²) in [5.74, 6) is 0.910. The van der Waals surface area contributed by atoms with Crippen LogP contribution in [0, 0.1) is 0 Å². The lowest BCUT2D eigenvalue weighted by Crippen LogP contribution is -1.89. The number of benzene rings is 1. The number of nitrogens with zero attached hydrogens (tertiary/aromatic N) is 1. The number of halogens is 1. The van der Waals surface area contributed by atoms with Crippen LogP contribution in [0.2, 0.25) is 0 Å². The molecule has 0 spiro atoms. The summed E-state index contributed by atoms with van der Waals surface area (Å²) in [6, 6.07) is 8.90. The number of nitrogens with one attached hydrogen (secondary N) is 1. The summed E-state index contributed by atoms with van der Waals surface area (Å²) >= 11 is 3.42. The average Bonchev–Trinajstić information content (AvgIpc) is 2.76. The van der Waals surface area contributed by atoms with Crippen molar-refractivity contribution in [1.29, 1.82) is 0 Å². The van der Waals surface area contributed by atoms with Gasteiger partial charge in [0.15, 0.2) is 0 Å². The van der Waals surface area contributed by atoms with Crippen molar-refractivity contribution in [1.82, 2.24) is 4.98 Å². The molecule has 0 atom stereocenters. The van der Waals surface area contributed by atoms with E-state index in [0.29, 0.717) is 6.01 Å². The van der Waals surface area contributed by atoms with Gasteiger partial charge in [-0.25, -0.2) is 4.98 Å². The third kappa shape index (κ3) is 2.85. The van der Waals surface area contributed by atoms with E-state index in [-0.39, 0.29) is 0 Å². The molecule has 0 aliphatic rings. The van der Waals surface area contributed by atoms with Gasteiger partial charge >= 0.3 is 0 Å². The number of anilines is 1. The lowest BCUT2D eigenvalue weighted by Gasteiger charge is -1.99. The monoisotopic (exact) mass is 280 g/mol. The molecule has 0 fully saturated rings. The summed E-state index contributed by atoms with van der Waals surface area (Å²) in [6.07, 6.45) is 3.60. The van der Waals surface area contributed by atoms with Gasteiger partial charge in [-0.2, -0.15) is 0 Å². The molecule has 0 unspecified atom stereocenters. The molecule has 1 aromatic carbocycles. The molecule has 2 aromatic rings. The van der Waals surface area contributed by atoms with Crippen LogP contribution < -0.4 is 5.32 Å². The van der Waals surface area contributed by atoms with E-state index in [1.807, 2.05) is 0 Å². The molecule has 0 bridgehead atoms. The SMILES string of the molecule is CNc1ncc(CCc2ccc(Br)cc2)o1. The largest absolute Gasteiger partial charge is 0.429 e. The minimum atomic E-state index is 0.575. The number of hydrogen-bond acceptors (Lipinski definition) is 3. The van der Waals surface area contributed by atoms with Crippen LogP contribution in [-0.2, 0) is 12.8 Å². The van der Waals surface area contributed by atoms with Gasteiger partial charge in [-0.15, -0.1) is 0 Å².